The molecule has 0 radical (unpaired) electrons. The molecule has 0 saturated carbocycles. The van der Waals surface area contributed by atoms with Crippen molar-refractivity contribution in [2.75, 3.05) is 18.5 Å². The second-order valence-electron chi connectivity index (χ2n) is 6.81. The maximum Gasteiger partial charge on any atom is 0.330 e. The van der Waals surface area contributed by atoms with Gasteiger partial charge in [-0.15, -0.1) is 0 Å². The first-order valence-electron chi connectivity index (χ1n) is 9.47. The maximum atomic E-state index is 11.9. The zero-order valence-electron chi connectivity index (χ0n) is 15.9. The zero-order valence-corrected chi connectivity index (χ0v) is 15.9. The largest absolute Gasteiger partial charge is 0.491 e. The van der Waals surface area contributed by atoms with Crippen LogP contribution < -0.4 is 10.1 Å². The number of aliphatic carboxylic acids is 1. The van der Waals surface area contributed by atoms with Crippen LogP contribution in [0.25, 0.3) is 0 Å². The maximum absolute atomic E-state index is 11.9. The SMILES string of the molecule is CCc1cc(OC[C@@H]2CCCO2)cc(C(Nc2ccc(C#N)cc2)C(=O)O)c1. The lowest BCUT2D eigenvalue weighted by molar-refractivity contribution is -0.138. The molecule has 2 atom stereocenters. The van der Waals surface area contributed by atoms with Crippen LogP contribution in [0.3, 0.4) is 0 Å². The number of hydrogen-bond donors (Lipinski definition) is 2. The molecule has 1 saturated heterocycles. The van der Waals surface area contributed by atoms with E-state index in [1.165, 1.54) is 0 Å². The summed E-state index contributed by atoms with van der Waals surface area (Å²) in [4.78, 5) is 11.9. The summed E-state index contributed by atoms with van der Waals surface area (Å²) < 4.78 is 11.5. The number of hydrogen-bond acceptors (Lipinski definition) is 5. The van der Waals surface area contributed by atoms with E-state index in [-0.39, 0.29) is 6.10 Å². The van der Waals surface area contributed by atoms with Crippen LogP contribution in [0.4, 0.5) is 5.69 Å². The quantitative estimate of drug-likeness (QED) is 0.721. The van der Waals surface area contributed by atoms with Crippen LogP contribution >= 0.6 is 0 Å². The van der Waals surface area contributed by atoms with Crippen LogP contribution in [0.15, 0.2) is 42.5 Å². The third-order valence-corrected chi connectivity index (χ3v) is 4.76. The van der Waals surface area contributed by atoms with Crippen molar-refractivity contribution in [1.82, 2.24) is 0 Å². The zero-order chi connectivity index (χ0) is 19.9. The molecule has 1 unspecified atom stereocenters. The lowest BCUT2D eigenvalue weighted by Gasteiger charge is -2.19. The monoisotopic (exact) mass is 380 g/mol. The number of benzene rings is 2. The van der Waals surface area contributed by atoms with E-state index in [0.717, 1.165) is 31.4 Å². The van der Waals surface area contributed by atoms with E-state index in [2.05, 4.69) is 11.4 Å². The number of anilines is 1. The summed E-state index contributed by atoms with van der Waals surface area (Å²) in [5.41, 5.74) is 2.79. The lowest BCUT2D eigenvalue weighted by atomic mass is 10.0. The van der Waals surface area contributed by atoms with Gasteiger partial charge in [-0.05, 0) is 66.8 Å². The number of carboxylic acids is 1. The van der Waals surface area contributed by atoms with E-state index < -0.39 is 12.0 Å². The molecule has 1 fully saturated rings. The number of ether oxygens (including phenoxy) is 2. The average Bonchev–Trinajstić information content (AvgIpc) is 3.24. The van der Waals surface area contributed by atoms with E-state index in [0.29, 0.717) is 29.2 Å². The molecule has 0 aromatic heterocycles. The molecule has 28 heavy (non-hydrogen) atoms. The van der Waals surface area contributed by atoms with Crippen LogP contribution in [0, 0.1) is 11.3 Å². The highest BCUT2D eigenvalue weighted by atomic mass is 16.5. The van der Waals surface area contributed by atoms with Gasteiger partial charge in [-0.1, -0.05) is 13.0 Å². The molecule has 2 N–H and O–H groups in total. The molecule has 2 aromatic carbocycles. The molecule has 0 bridgehead atoms. The number of carbonyl (C=O) groups is 1. The fourth-order valence-electron chi connectivity index (χ4n) is 3.20. The Labute approximate surface area is 164 Å². The summed E-state index contributed by atoms with van der Waals surface area (Å²) in [6, 6.07) is 13.4. The van der Waals surface area contributed by atoms with Gasteiger partial charge in [0, 0.05) is 12.3 Å². The van der Waals surface area contributed by atoms with Crippen LogP contribution in [-0.4, -0.2) is 30.4 Å². The molecule has 1 aliphatic heterocycles. The summed E-state index contributed by atoms with van der Waals surface area (Å²) in [7, 11) is 0. The molecule has 0 amide bonds. The summed E-state index contributed by atoms with van der Waals surface area (Å²) in [5.74, 6) is -0.333. The van der Waals surface area contributed by atoms with Crippen LogP contribution in [0.1, 0.15) is 42.5 Å². The first-order valence-corrected chi connectivity index (χ1v) is 9.47. The highest BCUT2D eigenvalue weighted by Crippen LogP contribution is 2.27. The van der Waals surface area contributed by atoms with Gasteiger partial charge in [0.15, 0.2) is 6.04 Å². The summed E-state index contributed by atoms with van der Waals surface area (Å²) in [6.45, 7) is 3.25. The predicted octanol–water partition coefficient (Wildman–Crippen LogP) is 3.92. The highest BCUT2D eigenvalue weighted by Gasteiger charge is 2.22. The molecular weight excluding hydrogens is 356 g/mol. The van der Waals surface area contributed by atoms with Gasteiger partial charge in [-0.2, -0.15) is 5.26 Å². The van der Waals surface area contributed by atoms with E-state index in [9.17, 15) is 9.90 Å². The second kappa shape index (κ2) is 9.25. The Balaban J connectivity index is 1.80. The molecular formula is C22H24N2O4. The molecule has 1 aliphatic rings. The first kappa shape index (κ1) is 19.7. The minimum Gasteiger partial charge on any atom is -0.491 e. The Bertz CT molecular complexity index is 852. The minimum atomic E-state index is -0.984. The Morgan fingerprint density at radius 2 is 2.14 bits per heavy atom. The molecule has 6 heteroatoms. The van der Waals surface area contributed by atoms with Gasteiger partial charge < -0.3 is 19.9 Å². The van der Waals surface area contributed by atoms with Gasteiger partial charge in [0.25, 0.3) is 0 Å². The molecule has 0 aliphatic carbocycles. The molecule has 0 spiro atoms. The van der Waals surface area contributed by atoms with Gasteiger partial charge in [-0.25, -0.2) is 4.79 Å². The summed E-state index contributed by atoms with van der Waals surface area (Å²) in [6.07, 6.45) is 2.90. The smallest absolute Gasteiger partial charge is 0.330 e. The molecule has 146 valence electrons. The van der Waals surface area contributed by atoms with Crippen molar-refractivity contribution in [2.45, 2.75) is 38.3 Å². The van der Waals surface area contributed by atoms with Crippen molar-refractivity contribution >= 4 is 11.7 Å². The second-order valence-corrected chi connectivity index (χ2v) is 6.81. The van der Waals surface area contributed by atoms with Crippen LogP contribution in [-0.2, 0) is 16.0 Å². The highest BCUT2D eigenvalue weighted by molar-refractivity contribution is 5.79. The van der Waals surface area contributed by atoms with Crippen LogP contribution in [0.5, 0.6) is 5.75 Å². The lowest BCUT2D eigenvalue weighted by Crippen LogP contribution is -2.21. The third-order valence-electron chi connectivity index (χ3n) is 4.76. The van der Waals surface area contributed by atoms with Gasteiger partial charge in [0.05, 0.1) is 17.7 Å². The standard InChI is InChI=1S/C22H24N2O4/c1-2-15-10-17(12-20(11-15)28-14-19-4-3-9-27-19)21(22(25)26)24-18-7-5-16(13-23)6-8-18/h5-8,10-12,19,21,24H,2-4,9,14H2,1H3,(H,25,26)/t19-,21?/m0/s1. The van der Waals surface area contributed by atoms with Gasteiger partial charge in [0.2, 0.25) is 0 Å². The Kier molecular flexibility index (Phi) is 6.51. The normalized spacial score (nSPS) is 16.9. The topological polar surface area (TPSA) is 91.6 Å². The molecule has 3 rings (SSSR count). The van der Waals surface area contributed by atoms with Crippen molar-refractivity contribution < 1.29 is 19.4 Å². The fraction of sp³-hybridized carbons (Fsp3) is 0.364. The van der Waals surface area contributed by atoms with Crippen molar-refractivity contribution in [2.24, 2.45) is 0 Å². The number of aryl methyl sites for hydroxylation is 1. The van der Waals surface area contributed by atoms with Crippen molar-refractivity contribution in [3.8, 4) is 11.8 Å². The Morgan fingerprint density at radius 1 is 1.36 bits per heavy atom. The van der Waals surface area contributed by atoms with Crippen molar-refractivity contribution in [3.05, 3.63) is 59.2 Å². The summed E-state index contributed by atoms with van der Waals surface area (Å²) in [5, 5.41) is 21.7. The van der Waals surface area contributed by atoms with E-state index in [1.54, 1.807) is 30.3 Å². The number of nitrogens with one attached hydrogen (secondary N) is 1. The van der Waals surface area contributed by atoms with Gasteiger partial charge in [-0.3, -0.25) is 0 Å². The molecule has 2 aromatic rings. The molecule has 6 nitrogen and oxygen atoms in total. The van der Waals surface area contributed by atoms with Crippen molar-refractivity contribution in [1.29, 1.82) is 5.26 Å². The number of carboxylic acid groups (broad SMARTS) is 1. The summed E-state index contributed by atoms with van der Waals surface area (Å²) >= 11 is 0. The van der Waals surface area contributed by atoms with E-state index >= 15 is 0 Å². The minimum absolute atomic E-state index is 0.0979. The average molecular weight is 380 g/mol. The Morgan fingerprint density at radius 3 is 2.75 bits per heavy atom. The third kappa shape index (κ3) is 5.02. The van der Waals surface area contributed by atoms with Gasteiger partial charge in [0.1, 0.15) is 12.4 Å². The predicted molar refractivity (Wildman–Crippen MR) is 105 cm³/mol. The van der Waals surface area contributed by atoms with Gasteiger partial charge >= 0.3 is 5.97 Å². The Hall–Kier alpha value is -3.04. The first-order chi connectivity index (χ1) is 13.6. The van der Waals surface area contributed by atoms with Crippen molar-refractivity contribution in [3.63, 3.8) is 0 Å². The number of nitriles is 1. The number of rotatable bonds is 8. The number of nitrogens with zero attached hydrogens (tertiary/aromatic N) is 1. The van der Waals surface area contributed by atoms with Crippen LogP contribution in [0.2, 0.25) is 0 Å². The van der Waals surface area contributed by atoms with E-state index in [4.69, 9.17) is 14.7 Å². The molecule has 1 heterocycles. The van der Waals surface area contributed by atoms with E-state index in [1.807, 2.05) is 19.1 Å². The fourth-order valence-corrected chi connectivity index (χ4v) is 3.20.